The van der Waals surface area contributed by atoms with Gasteiger partial charge < -0.3 is 15.5 Å². The summed E-state index contributed by atoms with van der Waals surface area (Å²) in [6.07, 6.45) is 0. The summed E-state index contributed by atoms with van der Waals surface area (Å²) in [5.74, 6) is 0.829. The number of nitrogens with one attached hydrogen (secondary N) is 1. The van der Waals surface area contributed by atoms with Gasteiger partial charge in [-0.05, 0) is 30.7 Å². The molecular formula is C17H18N2O. The zero-order valence-electron chi connectivity index (χ0n) is 11.7. The first kappa shape index (κ1) is 12.8. The molecule has 0 radical (unpaired) electrons. The molecule has 2 aromatic carbocycles. The first-order chi connectivity index (χ1) is 9.70. The van der Waals surface area contributed by atoms with Gasteiger partial charge in [0.05, 0.1) is 13.2 Å². The number of methoxy groups -OCH3 is 1. The van der Waals surface area contributed by atoms with E-state index < -0.39 is 0 Å². The van der Waals surface area contributed by atoms with Crippen molar-refractivity contribution < 1.29 is 4.74 Å². The molecule has 0 bridgehead atoms. The Morgan fingerprint density at radius 2 is 1.90 bits per heavy atom. The normalized spacial score (nSPS) is 12.6. The molecule has 1 unspecified atom stereocenters. The predicted molar refractivity (Wildman–Crippen MR) is 82.1 cm³/mol. The van der Waals surface area contributed by atoms with E-state index in [1.807, 2.05) is 36.4 Å². The van der Waals surface area contributed by atoms with Crippen LogP contribution in [0.3, 0.4) is 0 Å². The molecule has 102 valence electrons. The van der Waals surface area contributed by atoms with Crippen molar-refractivity contribution in [3.63, 3.8) is 0 Å². The molecule has 1 atom stereocenters. The number of hydrogen-bond acceptors (Lipinski definition) is 2. The molecule has 1 aromatic heterocycles. The lowest BCUT2D eigenvalue weighted by atomic mass is 9.97. The Kier molecular flexibility index (Phi) is 3.20. The molecule has 0 fully saturated rings. The second-order valence-electron chi connectivity index (χ2n) is 4.96. The molecule has 0 aliphatic carbocycles. The fourth-order valence-electron chi connectivity index (χ4n) is 2.70. The van der Waals surface area contributed by atoms with Crippen molar-refractivity contribution in [2.75, 3.05) is 7.11 Å². The van der Waals surface area contributed by atoms with Gasteiger partial charge in [-0.25, -0.2) is 0 Å². The number of fused-ring (bicyclic) bond motifs is 1. The van der Waals surface area contributed by atoms with Gasteiger partial charge >= 0.3 is 0 Å². The third kappa shape index (κ3) is 2.06. The second kappa shape index (κ2) is 5.02. The zero-order chi connectivity index (χ0) is 14.1. The summed E-state index contributed by atoms with van der Waals surface area (Å²) in [6, 6.07) is 16.0. The smallest absolute Gasteiger partial charge is 0.119 e. The number of nitrogens with two attached hydrogens (primary N) is 1. The fraction of sp³-hybridized carbons (Fsp3) is 0.176. The maximum absolute atomic E-state index is 6.48. The predicted octanol–water partition coefficient (Wildman–Crippen LogP) is 3.53. The molecule has 0 saturated carbocycles. The van der Waals surface area contributed by atoms with Crippen LogP contribution in [0.15, 0.2) is 48.5 Å². The molecule has 1 heterocycles. The molecule has 0 spiro atoms. The minimum atomic E-state index is -0.166. The molecule has 20 heavy (non-hydrogen) atoms. The highest BCUT2D eigenvalue weighted by Crippen LogP contribution is 2.31. The molecule has 0 aliphatic heterocycles. The Hall–Kier alpha value is -2.26. The Labute approximate surface area is 118 Å². The number of rotatable bonds is 3. The molecule has 0 amide bonds. The van der Waals surface area contributed by atoms with Gasteiger partial charge in [-0.2, -0.15) is 0 Å². The van der Waals surface area contributed by atoms with Crippen LogP contribution in [-0.2, 0) is 0 Å². The largest absolute Gasteiger partial charge is 0.497 e. The van der Waals surface area contributed by atoms with E-state index in [0.29, 0.717) is 0 Å². The molecule has 3 nitrogen and oxygen atoms in total. The van der Waals surface area contributed by atoms with Crippen LogP contribution in [0.1, 0.15) is 22.9 Å². The molecular weight excluding hydrogens is 248 g/mol. The maximum atomic E-state index is 6.48. The van der Waals surface area contributed by atoms with Gasteiger partial charge in [-0.3, -0.25) is 0 Å². The van der Waals surface area contributed by atoms with Crippen LogP contribution in [0.2, 0.25) is 0 Å². The van der Waals surface area contributed by atoms with Crippen molar-refractivity contribution in [1.29, 1.82) is 0 Å². The molecule has 3 aromatic rings. The molecule has 3 heteroatoms. The van der Waals surface area contributed by atoms with Crippen molar-refractivity contribution >= 4 is 10.9 Å². The van der Waals surface area contributed by atoms with Crippen molar-refractivity contribution in [2.45, 2.75) is 13.0 Å². The van der Waals surface area contributed by atoms with Crippen molar-refractivity contribution in [3.8, 4) is 5.75 Å². The lowest BCUT2D eigenvalue weighted by Crippen LogP contribution is -2.12. The zero-order valence-corrected chi connectivity index (χ0v) is 11.7. The monoisotopic (exact) mass is 266 g/mol. The Morgan fingerprint density at radius 3 is 2.70 bits per heavy atom. The Bertz CT molecular complexity index is 746. The van der Waals surface area contributed by atoms with E-state index in [9.17, 15) is 0 Å². The quantitative estimate of drug-likeness (QED) is 0.762. The number of ether oxygens (including phenoxy) is 1. The van der Waals surface area contributed by atoms with Crippen molar-refractivity contribution in [1.82, 2.24) is 4.98 Å². The van der Waals surface area contributed by atoms with Gasteiger partial charge in [0, 0.05) is 22.2 Å². The van der Waals surface area contributed by atoms with E-state index in [4.69, 9.17) is 10.5 Å². The lowest BCUT2D eigenvalue weighted by Gasteiger charge is -2.14. The minimum absolute atomic E-state index is 0.166. The molecule has 3 N–H and O–H groups in total. The standard InChI is InChI=1S/C17H18N2O/c1-11-16(14-8-3-4-9-15(14)19-11)17(18)12-6-5-7-13(10-12)20-2/h3-10,17,19H,18H2,1-2H3. The number of benzene rings is 2. The van der Waals surface area contributed by atoms with E-state index in [1.165, 1.54) is 5.39 Å². The number of aryl methyl sites for hydroxylation is 1. The van der Waals surface area contributed by atoms with Crippen LogP contribution in [0.4, 0.5) is 0 Å². The van der Waals surface area contributed by atoms with Gasteiger partial charge in [0.1, 0.15) is 5.75 Å². The van der Waals surface area contributed by atoms with Gasteiger partial charge in [0.15, 0.2) is 0 Å². The number of aromatic amines is 1. The van der Waals surface area contributed by atoms with Crippen LogP contribution in [0.5, 0.6) is 5.75 Å². The third-order valence-electron chi connectivity index (χ3n) is 3.71. The average Bonchev–Trinajstić information content (AvgIpc) is 2.82. The summed E-state index contributed by atoms with van der Waals surface area (Å²) in [4.78, 5) is 3.40. The summed E-state index contributed by atoms with van der Waals surface area (Å²) < 4.78 is 5.28. The number of para-hydroxylation sites is 1. The minimum Gasteiger partial charge on any atom is -0.497 e. The summed E-state index contributed by atoms with van der Waals surface area (Å²) in [7, 11) is 1.67. The lowest BCUT2D eigenvalue weighted by molar-refractivity contribution is 0.414. The SMILES string of the molecule is COc1cccc(C(N)c2c(C)[nH]c3ccccc23)c1. The van der Waals surface area contributed by atoms with Crippen LogP contribution in [0.25, 0.3) is 10.9 Å². The van der Waals surface area contributed by atoms with E-state index in [2.05, 4.69) is 24.0 Å². The van der Waals surface area contributed by atoms with Gasteiger partial charge in [-0.15, -0.1) is 0 Å². The third-order valence-corrected chi connectivity index (χ3v) is 3.71. The van der Waals surface area contributed by atoms with Crippen molar-refractivity contribution in [2.24, 2.45) is 5.73 Å². The second-order valence-corrected chi connectivity index (χ2v) is 4.96. The average molecular weight is 266 g/mol. The van der Waals surface area contributed by atoms with Gasteiger partial charge in [-0.1, -0.05) is 30.3 Å². The van der Waals surface area contributed by atoms with Crippen molar-refractivity contribution in [3.05, 3.63) is 65.4 Å². The summed E-state index contributed by atoms with van der Waals surface area (Å²) in [5, 5.41) is 1.18. The molecule has 0 aliphatic rings. The van der Waals surface area contributed by atoms with E-state index >= 15 is 0 Å². The fourth-order valence-corrected chi connectivity index (χ4v) is 2.70. The summed E-state index contributed by atoms with van der Waals surface area (Å²) in [5.41, 5.74) is 10.9. The van der Waals surface area contributed by atoms with E-state index in [-0.39, 0.29) is 6.04 Å². The highest BCUT2D eigenvalue weighted by Gasteiger charge is 2.17. The highest BCUT2D eigenvalue weighted by molar-refractivity contribution is 5.85. The van der Waals surface area contributed by atoms with Gasteiger partial charge in [0.25, 0.3) is 0 Å². The molecule has 0 saturated heterocycles. The Morgan fingerprint density at radius 1 is 1.10 bits per heavy atom. The van der Waals surface area contributed by atoms with Crippen LogP contribution >= 0.6 is 0 Å². The molecule has 3 rings (SSSR count). The topological polar surface area (TPSA) is 51.0 Å². The maximum Gasteiger partial charge on any atom is 0.119 e. The van der Waals surface area contributed by atoms with Crippen LogP contribution in [-0.4, -0.2) is 12.1 Å². The number of hydrogen-bond donors (Lipinski definition) is 2. The number of H-pyrrole nitrogens is 1. The van der Waals surface area contributed by atoms with Crippen LogP contribution in [0, 0.1) is 6.92 Å². The summed E-state index contributed by atoms with van der Waals surface area (Å²) >= 11 is 0. The Balaban J connectivity index is 2.12. The van der Waals surface area contributed by atoms with Gasteiger partial charge in [0.2, 0.25) is 0 Å². The first-order valence-electron chi connectivity index (χ1n) is 6.67. The summed E-state index contributed by atoms with van der Waals surface area (Å²) in [6.45, 7) is 2.06. The van der Waals surface area contributed by atoms with E-state index in [0.717, 1.165) is 28.1 Å². The van der Waals surface area contributed by atoms with E-state index in [1.54, 1.807) is 7.11 Å². The van der Waals surface area contributed by atoms with Crippen LogP contribution < -0.4 is 10.5 Å². The highest BCUT2D eigenvalue weighted by atomic mass is 16.5. The number of aromatic nitrogens is 1. The first-order valence-corrected chi connectivity index (χ1v) is 6.67.